The molecule has 2 fully saturated rings. The van der Waals surface area contributed by atoms with Crippen LogP contribution in [0, 0.1) is 23.7 Å². The molecule has 5 atom stereocenters. The van der Waals surface area contributed by atoms with E-state index in [9.17, 15) is 0 Å². The van der Waals surface area contributed by atoms with Gasteiger partial charge < -0.3 is 4.90 Å². The average molecular weight is 884 g/mol. The molecule has 8 aromatic carbocycles. The molecule has 1 spiro atoms. The van der Waals surface area contributed by atoms with Gasteiger partial charge in [0.25, 0.3) is 0 Å². The third kappa shape index (κ3) is 5.26. The van der Waals surface area contributed by atoms with Crippen LogP contribution < -0.4 is 4.90 Å². The molecule has 14 rings (SSSR count). The molecule has 328 valence electrons. The molecule has 2 saturated carbocycles. The van der Waals surface area contributed by atoms with E-state index in [2.05, 4.69) is 210 Å². The zero-order valence-corrected chi connectivity index (χ0v) is 40.4. The molecule has 5 aliphatic carbocycles. The number of rotatable bonds is 4. The van der Waals surface area contributed by atoms with Crippen LogP contribution in [-0.2, 0) is 16.2 Å². The summed E-state index contributed by atoms with van der Waals surface area (Å²) in [5, 5.41) is 2.64. The van der Waals surface area contributed by atoms with Gasteiger partial charge in [-0.25, -0.2) is 0 Å². The van der Waals surface area contributed by atoms with Crippen molar-refractivity contribution < 1.29 is 0 Å². The smallest absolute Gasteiger partial charge is 0.0554 e. The summed E-state index contributed by atoms with van der Waals surface area (Å²) in [5.74, 6) is 2.95. The minimum atomic E-state index is -0.283. The molecule has 5 unspecified atom stereocenters. The fourth-order valence-electron chi connectivity index (χ4n) is 15.4. The van der Waals surface area contributed by atoms with Crippen LogP contribution in [0.5, 0.6) is 0 Å². The molecule has 5 aliphatic rings. The number of thiophene rings is 1. The van der Waals surface area contributed by atoms with Gasteiger partial charge in [-0.2, -0.15) is 0 Å². The Morgan fingerprint density at radius 2 is 1.12 bits per heavy atom. The second-order valence-electron chi connectivity index (χ2n) is 22.2. The molecule has 1 aromatic heterocycles. The summed E-state index contributed by atoms with van der Waals surface area (Å²) in [4.78, 5) is 2.62. The van der Waals surface area contributed by atoms with E-state index < -0.39 is 0 Å². The van der Waals surface area contributed by atoms with Gasteiger partial charge in [0.1, 0.15) is 0 Å². The first kappa shape index (κ1) is 39.9. The van der Waals surface area contributed by atoms with E-state index >= 15 is 0 Å². The van der Waals surface area contributed by atoms with Gasteiger partial charge in [-0.3, -0.25) is 0 Å². The van der Waals surface area contributed by atoms with Crippen LogP contribution in [0.2, 0.25) is 0 Å². The molecule has 2 heteroatoms. The summed E-state index contributed by atoms with van der Waals surface area (Å²) >= 11 is 1.90. The highest BCUT2D eigenvalue weighted by molar-refractivity contribution is 7.26. The number of hydrogen-bond acceptors (Lipinski definition) is 2. The number of hydrogen-bond donors (Lipinski definition) is 0. The van der Waals surface area contributed by atoms with Crippen LogP contribution in [-0.4, -0.2) is 0 Å². The predicted molar refractivity (Wildman–Crippen MR) is 285 cm³/mol. The first-order chi connectivity index (χ1) is 32.5. The van der Waals surface area contributed by atoms with Crippen LogP contribution >= 0.6 is 11.3 Å². The molecule has 0 radical (unpaired) electrons. The van der Waals surface area contributed by atoms with Gasteiger partial charge in [-0.05, 0) is 170 Å². The zero-order valence-electron chi connectivity index (χ0n) is 39.6. The fourth-order valence-corrected chi connectivity index (χ4v) is 16.5. The molecule has 2 bridgehead atoms. The lowest BCUT2D eigenvalue weighted by molar-refractivity contribution is 0.0426. The standard InChI is InChI=1S/C65H57NS/c1-38-32-40-34-39(2)65(42(33-38)35-40)52-22-11-8-17-49(52)60-44(19-13-23-53(60)65)41-28-30-47-48-20-14-25-57(62(48)64(5,6)54(47)36-41)66(56-24-15-27-59-61(56)50-18-9-12-26-58(50)67-59)43-29-31-46-45-16-7-10-21-51(45)63(3,4)55(46)37-43/h7-31,36-40,42H,32-35H2,1-6H3. The average Bonchev–Trinajstić information content (AvgIpc) is 4.01. The van der Waals surface area contributed by atoms with E-state index in [1.165, 1.54) is 130 Å². The molecular formula is C65H57NS. The van der Waals surface area contributed by atoms with Gasteiger partial charge in [0.05, 0.1) is 11.4 Å². The van der Waals surface area contributed by atoms with Crippen molar-refractivity contribution in [1.82, 2.24) is 0 Å². The molecule has 9 aromatic rings. The Bertz CT molecular complexity index is 3560. The lowest BCUT2D eigenvalue weighted by atomic mass is 9.49. The Morgan fingerprint density at radius 1 is 0.478 bits per heavy atom. The number of fused-ring (bicyclic) bond motifs is 17. The Labute approximate surface area is 400 Å². The second-order valence-corrected chi connectivity index (χ2v) is 23.3. The van der Waals surface area contributed by atoms with Crippen molar-refractivity contribution in [3.63, 3.8) is 0 Å². The molecule has 0 N–H and O–H groups in total. The van der Waals surface area contributed by atoms with Crippen LogP contribution in [0.4, 0.5) is 17.1 Å². The van der Waals surface area contributed by atoms with Crippen LogP contribution in [0.15, 0.2) is 164 Å². The summed E-state index contributed by atoms with van der Waals surface area (Å²) in [7, 11) is 0. The van der Waals surface area contributed by atoms with E-state index in [1.54, 1.807) is 11.1 Å². The van der Waals surface area contributed by atoms with Crippen molar-refractivity contribution in [2.75, 3.05) is 4.90 Å². The van der Waals surface area contributed by atoms with E-state index in [0.29, 0.717) is 11.8 Å². The first-order valence-electron chi connectivity index (χ1n) is 25.0. The summed E-state index contributed by atoms with van der Waals surface area (Å²) in [5.41, 5.74) is 23.2. The number of nitrogens with zero attached hydrogens (tertiary/aromatic N) is 1. The van der Waals surface area contributed by atoms with Gasteiger partial charge in [-0.15, -0.1) is 11.3 Å². The normalized spacial score (nSPS) is 23.1. The van der Waals surface area contributed by atoms with Crippen LogP contribution in [0.25, 0.3) is 64.7 Å². The van der Waals surface area contributed by atoms with Crippen LogP contribution in [0.1, 0.15) is 101 Å². The molecule has 0 saturated heterocycles. The van der Waals surface area contributed by atoms with Crippen molar-refractivity contribution in [2.24, 2.45) is 23.7 Å². The summed E-state index contributed by atoms with van der Waals surface area (Å²) in [6.07, 6.45) is 5.43. The van der Waals surface area contributed by atoms with E-state index in [4.69, 9.17) is 0 Å². The molecule has 0 aliphatic heterocycles. The Morgan fingerprint density at radius 3 is 2.00 bits per heavy atom. The predicted octanol–water partition coefficient (Wildman–Crippen LogP) is 18.2. The summed E-state index contributed by atoms with van der Waals surface area (Å²) in [6, 6.07) is 63.7. The minimum Gasteiger partial charge on any atom is -0.309 e. The van der Waals surface area contributed by atoms with Gasteiger partial charge in [-0.1, -0.05) is 163 Å². The van der Waals surface area contributed by atoms with Crippen molar-refractivity contribution in [3.8, 4) is 44.5 Å². The highest BCUT2D eigenvalue weighted by Gasteiger charge is 2.57. The third-order valence-electron chi connectivity index (χ3n) is 17.9. The van der Waals surface area contributed by atoms with Gasteiger partial charge in [0, 0.05) is 42.1 Å². The molecule has 0 amide bonds. The van der Waals surface area contributed by atoms with Crippen molar-refractivity contribution in [2.45, 2.75) is 83.5 Å². The molecule has 1 heterocycles. The summed E-state index contributed by atoms with van der Waals surface area (Å²) < 4.78 is 2.64. The van der Waals surface area contributed by atoms with Crippen LogP contribution in [0.3, 0.4) is 0 Å². The Hall–Kier alpha value is -6.22. The topological polar surface area (TPSA) is 3.24 Å². The van der Waals surface area contributed by atoms with E-state index in [-0.39, 0.29) is 16.2 Å². The molecular weight excluding hydrogens is 827 g/mol. The Balaban J connectivity index is 0.953. The van der Waals surface area contributed by atoms with Crippen molar-refractivity contribution in [3.05, 3.63) is 197 Å². The van der Waals surface area contributed by atoms with Crippen molar-refractivity contribution >= 4 is 48.6 Å². The first-order valence-corrected chi connectivity index (χ1v) is 25.8. The lowest BCUT2D eigenvalue weighted by Gasteiger charge is -2.54. The highest BCUT2D eigenvalue weighted by atomic mass is 32.1. The zero-order chi connectivity index (χ0) is 45.1. The maximum atomic E-state index is 2.62. The number of benzene rings is 8. The maximum Gasteiger partial charge on any atom is 0.0554 e. The highest BCUT2D eigenvalue weighted by Crippen LogP contribution is 2.66. The largest absolute Gasteiger partial charge is 0.309 e. The summed E-state index contributed by atoms with van der Waals surface area (Å²) in [6.45, 7) is 14.9. The minimum absolute atomic E-state index is 0.0733. The van der Waals surface area contributed by atoms with Gasteiger partial charge in [0.15, 0.2) is 0 Å². The molecule has 67 heavy (non-hydrogen) atoms. The third-order valence-corrected chi connectivity index (χ3v) is 19.1. The lowest BCUT2D eigenvalue weighted by Crippen LogP contribution is -2.49. The number of anilines is 3. The monoisotopic (exact) mass is 883 g/mol. The fraction of sp³-hybridized carbons (Fsp3) is 0.262. The van der Waals surface area contributed by atoms with Gasteiger partial charge >= 0.3 is 0 Å². The van der Waals surface area contributed by atoms with Crippen molar-refractivity contribution in [1.29, 1.82) is 0 Å². The molecule has 1 nitrogen and oxygen atoms in total. The SMILES string of the molecule is CC1CC2CC(C)C3(c4ccccc4-c4c(-c5ccc6c(c5)C(C)(C)c5c-6cccc5N(c5ccc6c(c5)C(C)(C)c5ccccc5-6)c5cccc6sc7ccccc7c56)cccc43)C(C1)C2. The van der Waals surface area contributed by atoms with Gasteiger partial charge in [0.2, 0.25) is 0 Å². The quantitative estimate of drug-likeness (QED) is 0.170. The second kappa shape index (κ2) is 13.9. The maximum absolute atomic E-state index is 2.62. The van der Waals surface area contributed by atoms with E-state index in [1.807, 2.05) is 11.3 Å². The van der Waals surface area contributed by atoms with E-state index in [0.717, 1.165) is 11.8 Å². The Kier molecular flexibility index (Phi) is 8.29.